The molecule has 0 aliphatic rings. The Hall–Kier alpha value is -1.98. The molecule has 1 heterocycles. The number of halogens is 3. The van der Waals surface area contributed by atoms with Gasteiger partial charge in [0, 0.05) is 6.20 Å². The van der Waals surface area contributed by atoms with E-state index in [2.05, 4.69) is 5.10 Å². The van der Waals surface area contributed by atoms with E-state index in [1.807, 2.05) is 13.8 Å². The molecule has 0 unspecified atom stereocenters. The topological polar surface area (TPSA) is 27.1 Å². The molecule has 0 spiro atoms. The number of hydrogen-bond acceptors (Lipinski definition) is 2. The summed E-state index contributed by atoms with van der Waals surface area (Å²) in [6.45, 7) is 5.78. The second kappa shape index (κ2) is 6.45. The minimum Gasteiger partial charge on any atom is -0.494 e. The van der Waals surface area contributed by atoms with Gasteiger partial charge in [-0.05, 0) is 18.6 Å². The molecule has 3 nitrogen and oxygen atoms in total. The van der Waals surface area contributed by atoms with Crippen molar-refractivity contribution in [3.63, 3.8) is 0 Å². The average molecular weight is 286 g/mol. The molecule has 6 heteroatoms. The van der Waals surface area contributed by atoms with Crippen LogP contribution in [0.2, 0.25) is 0 Å². The zero-order valence-electron chi connectivity index (χ0n) is 11.8. The summed E-state index contributed by atoms with van der Waals surface area (Å²) in [5, 5.41) is 3.74. The van der Waals surface area contributed by atoms with Crippen molar-refractivity contribution < 1.29 is 17.9 Å². The molecule has 20 heavy (non-hydrogen) atoms. The van der Waals surface area contributed by atoms with Crippen LogP contribution in [0.25, 0.3) is 5.69 Å². The van der Waals surface area contributed by atoms with E-state index in [0.717, 1.165) is 18.0 Å². The fourth-order valence-electron chi connectivity index (χ4n) is 1.68. The number of methoxy groups -OCH3 is 1. The van der Waals surface area contributed by atoms with Gasteiger partial charge in [-0.2, -0.15) is 18.3 Å². The highest BCUT2D eigenvalue weighted by atomic mass is 19.4. The van der Waals surface area contributed by atoms with Gasteiger partial charge in [0.1, 0.15) is 11.4 Å². The lowest BCUT2D eigenvalue weighted by atomic mass is 10.2. The number of para-hydroxylation sites is 1. The van der Waals surface area contributed by atoms with Crippen molar-refractivity contribution in [2.24, 2.45) is 0 Å². The summed E-state index contributed by atoms with van der Waals surface area (Å²) in [7, 11) is 1.46. The van der Waals surface area contributed by atoms with Crippen molar-refractivity contribution in [2.75, 3.05) is 7.11 Å². The molecule has 0 aliphatic carbocycles. The van der Waals surface area contributed by atoms with E-state index >= 15 is 0 Å². The predicted octanol–water partition coefficient (Wildman–Crippen LogP) is 4.23. The van der Waals surface area contributed by atoms with Crippen LogP contribution in [0.5, 0.6) is 5.75 Å². The average Bonchev–Trinajstić information content (AvgIpc) is 2.90. The van der Waals surface area contributed by atoms with Crippen LogP contribution in [0.15, 0.2) is 30.6 Å². The van der Waals surface area contributed by atoms with Crippen molar-refractivity contribution >= 4 is 0 Å². The molecule has 0 saturated heterocycles. The summed E-state index contributed by atoms with van der Waals surface area (Å²) in [6.07, 6.45) is -2.65. The van der Waals surface area contributed by atoms with Crippen molar-refractivity contribution in [3.8, 4) is 11.4 Å². The Kier molecular flexibility index (Phi) is 5.19. The summed E-state index contributed by atoms with van der Waals surface area (Å²) in [4.78, 5) is 0. The summed E-state index contributed by atoms with van der Waals surface area (Å²) >= 11 is 0. The smallest absolute Gasteiger partial charge is 0.419 e. The fraction of sp³-hybridized carbons (Fsp3) is 0.357. The Labute approximate surface area is 116 Å². The van der Waals surface area contributed by atoms with Gasteiger partial charge in [0.2, 0.25) is 0 Å². The van der Waals surface area contributed by atoms with Crippen LogP contribution in [0.1, 0.15) is 25.0 Å². The molecule has 0 atom stereocenters. The molecular weight excluding hydrogens is 269 g/mol. The van der Waals surface area contributed by atoms with Gasteiger partial charge < -0.3 is 4.74 Å². The van der Waals surface area contributed by atoms with Crippen LogP contribution in [-0.4, -0.2) is 16.9 Å². The van der Waals surface area contributed by atoms with E-state index in [4.69, 9.17) is 4.74 Å². The lowest BCUT2D eigenvalue weighted by molar-refractivity contribution is -0.137. The third-order valence-corrected chi connectivity index (χ3v) is 2.56. The van der Waals surface area contributed by atoms with Crippen LogP contribution in [0.3, 0.4) is 0 Å². The number of alkyl halides is 3. The summed E-state index contributed by atoms with van der Waals surface area (Å²) in [5.74, 6) is 0.479. The normalized spacial score (nSPS) is 10.8. The van der Waals surface area contributed by atoms with Gasteiger partial charge in [0.25, 0.3) is 0 Å². The molecule has 0 saturated carbocycles. The third kappa shape index (κ3) is 3.31. The maximum atomic E-state index is 12.5. The number of aromatic nitrogens is 2. The molecule has 1 aromatic carbocycles. The number of rotatable bonds is 2. The highest BCUT2D eigenvalue weighted by molar-refractivity contribution is 5.52. The number of nitrogens with zero attached hydrogens (tertiary/aromatic N) is 2. The minimum atomic E-state index is -4.39. The Bertz CT molecular complexity index is 562. The van der Waals surface area contributed by atoms with Gasteiger partial charge in [0.05, 0.1) is 18.9 Å². The quantitative estimate of drug-likeness (QED) is 0.826. The van der Waals surface area contributed by atoms with Gasteiger partial charge in [-0.3, -0.25) is 0 Å². The first-order valence-electron chi connectivity index (χ1n) is 6.19. The standard InChI is InChI=1S/C12H11F3N2O.C2H6/c1-8-4-3-5-10(18-2)11(8)17-7-9(6-16-17)12(13,14)15;1-2/h3-7H,1-2H3;1-2H3. The van der Waals surface area contributed by atoms with E-state index in [9.17, 15) is 13.2 Å². The van der Waals surface area contributed by atoms with E-state index < -0.39 is 11.7 Å². The second-order valence-corrected chi connectivity index (χ2v) is 3.80. The van der Waals surface area contributed by atoms with Crippen molar-refractivity contribution in [2.45, 2.75) is 26.9 Å². The first kappa shape index (κ1) is 16.1. The summed E-state index contributed by atoms with van der Waals surface area (Å²) < 4.78 is 43.9. The molecule has 0 amide bonds. The van der Waals surface area contributed by atoms with E-state index in [1.165, 1.54) is 11.8 Å². The van der Waals surface area contributed by atoms with Crippen LogP contribution in [-0.2, 0) is 6.18 Å². The van der Waals surface area contributed by atoms with Gasteiger partial charge in [-0.15, -0.1) is 0 Å². The lowest BCUT2D eigenvalue weighted by Crippen LogP contribution is -2.04. The predicted molar refractivity (Wildman–Crippen MR) is 71.2 cm³/mol. The Balaban J connectivity index is 0.000000956. The zero-order chi connectivity index (χ0) is 15.3. The molecule has 0 radical (unpaired) electrons. The highest BCUT2D eigenvalue weighted by Crippen LogP contribution is 2.31. The van der Waals surface area contributed by atoms with Crippen LogP contribution in [0, 0.1) is 6.92 Å². The number of hydrogen-bond donors (Lipinski definition) is 0. The second-order valence-electron chi connectivity index (χ2n) is 3.80. The third-order valence-electron chi connectivity index (χ3n) is 2.56. The molecule has 110 valence electrons. The van der Waals surface area contributed by atoms with E-state index in [0.29, 0.717) is 11.4 Å². The molecule has 2 aromatic rings. The molecule has 0 aliphatic heterocycles. The van der Waals surface area contributed by atoms with Crippen LogP contribution < -0.4 is 4.74 Å². The van der Waals surface area contributed by atoms with E-state index in [1.54, 1.807) is 25.1 Å². The lowest BCUT2D eigenvalue weighted by Gasteiger charge is -2.11. The van der Waals surface area contributed by atoms with Gasteiger partial charge in [-0.25, -0.2) is 4.68 Å². The largest absolute Gasteiger partial charge is 0.494 e. The summed E-state index contributed by atoms with van der Waals surface area (Å²) in [6, 6.07) is 5.23. The molecular formula is C14H17F3N2O. The Morgan fingerprint density at radius 3 is 2.35 bits per heavy atom. The summed E-state index contributed by atoms with van der Waals surface area (Å²) in [5.41, 5.74) is 0.509. The van der Waals surface area contributed by atoms with Crippen LogP contribution >= 0.6 is 0 Å². The van der Waals surface area contributed by atoms with Crippen molar-refractivity contribution in [3.05, 3.63) is 41.7 Å². The first-order chi connectivity index (χ1) is 9.43. The Morgan fingerprint density at radius 2 is 1.85 bits per heavy atom. The SMILES string of the molecule is CC.COc1cccc(C)c1-n1cc(C(F)(F)F)cn1. The van der Waals surface area contributed by atoms with Gasteiger partial charge in [0.15, 0.2) is 0 Å². The fourth-order valence-corrected chi connectivity index (χ4v) is 1.68. The molecule has 0 bridgehead atoms. The monoisotopic (exact) mass is 286 g/mol. The van der Waals surface area contributed by atoms with Crippen molar-refractivity contribution in [1.29, 1.82) is 0 Å². The molecule has 2 rings (SSSR count). The van der Waals surface area contributed by atoms with Gasteiger partial charge >= 0.3 is 6.18 Å². The molecule has 0 fully saturated rings. The molecule has 1 aromatic heterocycles. The molecule has 0 N–H and O–H groups in total. The van der Waals surface area contributed by atoms with Crippen LogP contribution in [0.4, 0.5) is 13.2 Å². The Morgan fingerprint density at radius 1 is 1.20 bits per heavy atom. The zero-order valence-corrected chi connectivity index (χ0v) is 11.8. The van der Waals surface area contributed by atoms with Crippen molar-refractivity contribution in [1.82, 2.24) is 9.78 Å². The number of aryl methyl sites for hydroxylation is 1. The van der Waals surface area contributed by atoms with Gasteiger partial charge in [-0.1, -0.05) is 26.0 Å². The maximum Gasteiger partial charge on any atom is 0.419 e. The minimum absolute atomic E-state index is 0.479. The first-order valence-corrected chi connectivity index (χ1v) is 6.19. The number of benzene rings is 1. The highest BCUT2D eigenvalue weighted by Gasteiger charge is 2.32. The van der Waals surface area contributed by atoms with E-state index in [-0.39, 0.29) is 0 Å². The number of ether oxygens (including phenoxy) is 1. The maximum absolute atomic E-state index is 12.5.